The Morgan fingerprint density at radius 1 is 1.00 bits per heavy atom. The quantitative estimate of drug-likeness (QED) is 0.621. The highest BCUT2D eigenvalue weighted by Crippen LogP contribution is 2.29. The van der Waals surface area contributed by atoms with Crippen molar-refractivity contribution in [3.63, 3.8) is 0 Å². The van der Waals surface area contributed by atoms with Gasteiger partial charge in [0.15, 0.2) is 0 Å². The Bertz CT molecular complexity index is 878. The van der Waals surface area contributed by atoms with Crippen molar-refractivity contribution in [3.05, 3.63) is 46.8 Å². The molecule has 0 amide bonds. The normalized spacial score (nSPS) is 10.5. The van der Waals surface area contributed by atoms with Gasteiger partial charge in [0.05, 0.1) is 11.2 Å². The summed E-state index contributed by atoms with van der Waals surface area (Å²) in [5.74, 6) is 0.576. The number of hydrogen-bond donors (Lipinski definition) is 3. The first-order valence-electron chi connectivity index (χ1n) is 6.98. The van der Waals surface area contributed by atoms with E-state index < -0.39 is 0 Å². The minimum absolute atomic E-state index is 0. The van der Waals surface area contributed by atoms with Gasteiger partial charge in [0.2, 0.25) is 5.95 Å². The van der Waals surface area contributed by atoms with E-state index in [1.54, 1.807) is 6.20 Å². The van der Waals surface area contributed by atoms with Gasteiger partial charge in [-0.05, 0) is 31.0 Å². The molecule has 0 saturated carbocycles. The summed E-state index contributed by atoms with van der Waals surface area (Å²) in [7, 11) is 0. The van der Waals surface area contributed by atoms with Crippen molar-refractivity contribution in [2.45, 2.75) is 20.3 Å². The second-order valence-electron chi connectivity index (χ2n) is 5.43. The molecular weight excluding hydrogens is 312 g/mol. The van der Waals surface area contributed by atoms with Crippen molar-refractivity contribution in [3.8, 4) is 0 Å². The predicted octanol–water partition coefficient (Wildman–Crippen LogP) is 2.40. The summed E-state index contributed by atoms with van der Waals surface area (Å²) in [5, 5.41) is 1.02. The van der Waals surface area contributed by atoms with E-state index >= 15 is 0 Å². The highest BCUT2D eigenvalue weighted by molar-refractivity contribution is 5.93. The molecule has 0 spiro atoms. The summed E-state index contributed by atoms with van der Waals surface area (Å²) in [4.78, 5) is 12.6. The summed E-state index contributed by atoms with van der Waals surface area (Å²) < 4.78 is 0. The number of halogens is 1. The van der Waals surface area contributed by atoms with Crippen molar-refractivity contribution in [2.75, 3.05) is 17.2 Å². The van der Waals surface area contributed by atoms with Crippen LogP contribution in [0, 0.1) is 13.8 Å². The smallest absolute Gasteiger partial charge is 0.221 e. The third-order valence-electron chi connectivity index (χ3n) is 3.75. The second kappa shape index (κ2) is 6.26. The zero-order valence-corrected chi connectivity index (χ0v) is 13.8. The summed E-state index contributed by atoms with van der Waals surface area (Å²) >= 11 is 0. The largest absolute Gasteiger partial charge is 0.397 e. The fourth-order valence-electron chi connectivity index (χ4n) is 2.55. The number of hydrogen-bond acceptors (Lipinski definition) is 6. The van der Waals surface area contributed by atoms with Crippen LogP contribution in [0.4, 0.5) is 17.5 Å². The molecule has 23 heavy (non-hydrogen) atoms. The van der Waals surface area contributed by atoms with E-state index in [0.29, 0.717) is 17.9 Å². The van der Waals surface area contributed by atoms with Gasteiger partial charge < -0.3 is 17.2 Å². The molecule has 0 aliphatic heterocycles. The average Bonchev–Trinajstić information content (AvgIpc) is 2.47. The Labute approximate surface area is 140 Å². The molecule has 0 radical (unpaired) electrons. The Kier molecular flexibility index (Phi) is 4.56. The van der Waals surface area contributed by atoms with E-state index in [0.717, 1.165) is 33.3 Å². The Hall–Kier alpha value is -2.60. The zero-order chi connectivity index (χ0) is 15.9. The van der Waals surface area contributed by atoms with E-state index in [9.17, 15) is 0 Å². The molecule has 2 aromatic heterocycles. The molecule has 7 heteroatoms. The number of aryl methyl sites for hydroxylation is 2. The van der Waals surface area contributed by atoms with Gasteiger partial charge in [-0.25, -0.2) is 4.98 Å². The fourth-order valence-corrected chi connectivity index (χ4v) is 2.55. The van der Waals surface area contributed by atoms with Crippen molar-refractivity contribution < 1.29 is 0 Å². The molecule has 0 fully saturated rings. The highest BCUT2D eigenvalue weighted by Gasteiger charge is 2.12. The molecule has 0 aliphatic carbocycles. The van der Waals surface area contributed by atoms with Gasteiger partial charge >= 0.3 is 0 Å². The first-order chi connectivity index (χ1) is 10.5. The molecule has 120 valence electrons. The number of rotatable bonds is 2. The molecule has 3 rings (SSSR count). The third-order valence-corrected chi connectivity index (χ3v) is 3.75. The molecule has 0 aliphatic rings. The predicted molar refractivity (Wildman–Crippen MR) is 96.5 cm³/mol. The van der Waals surface area contributed by atoms with Gasteiger partial charge in [-0.2, -0.15) is 4.98 Å². The number of nitrogens with two attached hydrogens (primary N) is 3. The standard InChI is InChI=1S/C16H18N6.ClH/c1-8-5-10(6-11-7-20-16(19)22-15(11)18)12-4-3-9(2)21-14(12)13(8)17;/h3-5,7H,6,17H2,1-2H3,(H4,18,19,20,22);1H. The van der Waals surface area contributed by atoms with Crippen LogP contribution >= 0.6 is 12.4 Å². The van der Waals surface area contributed by atoms with Gasteiger partial charge in [0.25, 0.3) is 0 Å². The van der Waals surface area contributed by atoms with E-state index in [2.05, 4.69) is 21.0 Å². The van der Waals surface area contributed by atoms with Gasteiger partial charge in [-0.1, -0.05) is 12.1 Å². The number of anilines is 3. The summed E-state index contributed by atoms with van der Waals surface area (Å²) in [5.41, 5.74) is 23.0. The van der Waals surface area contributed by atoms with Crippen molar-refractivity contribution >= 4 is 40.8 Å². The second-order valence-corrected chi connectivity index (χ2v) is 5.43. The minimum Gasteiger partial charge on any atom is -0.397 e. The van der Waals surface area contributed by atoms with E-state index in [1.165, 1.54) is 0 Å². The van der Waals surface area contributed by atoms with Crippen LogP contribution < -0.4 is 17.2 Å². The lowest BCUT2D eigenvalue weighted by Gasteiger charge is -2.12. The molecule has 3 aromatic rings. The molecule has 2 heterocycles. The van der Waals surface area contributed by atoms with E-state index in [4.69, 9.17) is 17.2 Å². The minimum atomic E-state index is 0. The zero-order valence-electron chi connectivity index (χ0n) is 13.0. The van der Waals surface area contributed by atoms with Crippen LogP contribution in [-0.4, -0.2) is 15.0 Å². The van der Waals surface area contributed by atoms with Crippen molar-refractivity contribution in [2.24, 2.45) is 0 Å². The number of fused-ring (bicyclic) bond motifs is 1. The van der Waals surface area contributed by atoms with E-state index in [1.807, 2.05) is 26.0 Å². The SMILES string of the molecule is Cc1ccc2c(Cc3cnc(N)nc3N)cc(C)c(N)c2n1.Cl. The molecule has 0 unspecified atom stereocenters. The first-order valence-corrected chi connectivity index (χ1v) is 6.98. The van der Waals surface area contributed by atoms with Crippen LogP contribution in [0.15, 0.2) is 24.4 Å². The van der Waals surface area contributed by atoms with Crippen LogP contribution in [-0.2, 0) is 6.42 Å². The monoisotopic (exact) mass is 330 g/mol. The molecule has 0 saturated heterocycles. The van der Waals surface area contributed by atoms with Gasteiger partial charge in [0, 0.05) is 29.3 Å². The average molecular weight is 331 g/mol. The molecule has 6 N–H and O–H groups in total. The Morgan fingerprint density at radius 2 is 1.74 bits per heavy atom. The van der Waals surface area contributed by atoms with Gasteiger partial charge in [0.1, 0.15) is 5.82 Å². The first kappa shape index (κ1) is 16.8. The van der Waals surface area contributed by atoms with Gasteiger partial charge in [-0.15, -0.1) is 12.4 Å². The van der Waals surface area contributed by atoms with Crippen molar-refractivity contribution in [1.82, 2.24) is 15.0 Å². The molecule has 0 bridgehead atoms. The number of nitrogens with zero attached hydrogens (tertiary/aromatic N) is 3. The number of nitrogen functional groups attached to an aromatic ring is 3. The van der Waals surface area contributed by atoms with Gasteiger partial charge in [-0.3, -0.25) is 4.98 Å². The lowest BCUT2D eigenvalue weighted by Crippen LogP contribution is -2.05. The van der Waals surface area contributed by atoms with Crippen LogP contribution in [0.5, 0.6) is 0 Å². The molecular formula is C16H19ClN6. The number of pyridine rings is 1. The van der Waals surface area contributed by atoms with Crippen LogP contribution in [0.1, 0.15) is 22.4 Å². The number of aromatic nitrogens is 3. The molecule has 6 nitrogen and oxygen atoms in total. The lowest BCUT2D eigenvalue weighted by molar-refractivity contribution is 1.09. The summed E-state index contributed by atoms with van der Waals surface area (Å²) in [6, 6.07) is 6.07. The summed E-state index contributed by atoms with van der Waals surface area (Å²) in [6.07, 6.45) is 2.27. The van der Waals surface area contributed by atoms with E-state index in [-0.39, 0.29) is 18.4 Å². The Morgan fingerprint density at radius 3 is 2.43 bits per heavy atom. The topological polar surface area (TPSA) is 117 Å². The van der Waals surface area contributed by atoms with Crippen LogP contribution in [0.2, 0.25) is 0 Å². The van der Waals surface area contributed by atoms with Crippen molar-refractivity contribution in [1.29, 1.82) is 0 Å². The highest BCUT2D eigenvalue weighted by atomic mass is 35.5. The third kappa shape index (κ3) is 3.12. The maximum Gasteiger partial charge on any atom is 0.221 e. The molecule has 0 atom stereocenters. The fraction of sp³-hybridized carbons (Fsp3) is 0.188. The lowest BCUT2D eigenvalue weighted by atomic mass is 9.97. The molecule has 1 aromatic carbocycles. The maximum atomic E-state index is 6.17. The van der Waals surface area contributed by atoms with Crippen LogP contribution in [0.25, 0.3) is 10.9 Å². The van der Waals surface area contributed by atoms with Crippen LogP contribution in [0.3, 0.4) is 0 Å². The maximum absolute atomic E-state index is 6.17. The summed E-state index contributed by atoms with van der Waals surface area (Å²) in [6.45, 7) is 3.93. The number of benzene rings is 1. The Balaban J connectivity index is 0.00000192.